The Kier molecular flexibility index (Phi) is 5.69. The summed E-state index contributed by atoms with van der Waals surface area (Å²) in [5.74, 6) is -1.43. The lowest BCUT2D eigenvalue weighted by Gasteiger charge is -2.20. The first-order chi connectivity index (χ1) is 13.8. The number of carboxylic acid groups (broad SMARTS) is 1. The van der Waals surface area contributed by atoms with Crippen LogP contribution in [0, 0.1) is 6.92 Å². The molecule has 0 heterocycles. The summed E-state index contributed by atoms with van der Waals surface area (Å²) in [7, 11) is 5.61. The molecule has 148 valence electrons. The molecule has 0 amide bonds. The van der Waals surface area contributed by atoms with Crippen molar-refractivity contribution in [2.75, 3.05) is 30.9 Å². The van der Waals surface area contributed by atoms with E-state index in [0.29, 0.717) is 5.56 Å². The van der Waals surface area contributed by atoms with Crippen LogP contribution < -0.4 is 9.80 Å². The SMILES string of the molecule is Cc1ccc(N(C)c2ccc(C(=O)c3ccc(N(C)C)cc3C(=O)O)cc2)cc1. The van der Waals surface area contributed by atoms with Gasteiger partial charge < -0.3 is 14.9 Å². The van der Waals surface area contributed by atoms with Gasteiger partial charge in [-0.15, -0.1) is 0 Å². The van der Waals surface area contributed by atoms with Crippen molar-refractivity contribution in [3.8, 4) is 0 Å². The van der Waals surface area contributed by atoms with Gasteiger partial charge in [0.15, 0.2) is 5.78 Å². The van der Waals surface area contributed by atoms with E-state index in [1.807, 2.05) is 57.2 Å². The maximum atomic E-state index is 13.0. The Morgan fingerprint density at radius 1 is 0.724 bits per heavy atom. The highest BCUT2D eigenvalue weighted by Crippen LogP contribution is 2.26. The minimum Gasteiger partial charge on any atom is -0.478 e. The van der Waals surface area contributed by atoms with Crippen LogP contribution in [0.4, 0.5) is 17.1 Å². The van der Waals surface area contributed by atoms with Gasteiger partial charge in [-0.1, -0.05) is 17.7 Å². The highest BCUT2D eigenvalue weighted by atomic mass is 16.4. The molecule has 3 aromatic carbocycles. The van der Waals surface area contributed by atoms with Gasteiger partial charge in [-0.05, 0) is 61.5 Å². The summed E-state index contributed by atoms with van der Waals surface area (Å²) >= 11 is 0. The zero-order chi connectivity index (χ0) is 21.1. The molecule has 3 rings (SSSR count). The minimum atomic E-state index is -1.12. The van der Waals surface area contributed by atoms with Crippen LogP contribution in [0.15, 0.2) is 66.7 Å². The summed E-state index contributed by atoms with van der Waals surface area (Å²) in [6, 6.07) is 20.2. The number of rotatable bonds is 6. The molecule has 0 aliphatic heterocycles. The summed E-state index contributed by atoms with van der Waals surface area (Å²) in [4.78, 5) is 28.5. The molecule has 29 heavy (non-hydrogen) atoms. The van der Waals surface area contributed by atoms with E-state index >= 15 is 0 Å². The van der Waals surface area contributed by atoms with Gasteiger partial charge in [-0.25, -0.2) is 4.79 Å². The predicted molar refractivity (Wildman–Crippen MR) is 117 cm³/mol. The number of anilines is 3. The molecule has 0 unspecified atom stereocenters. The molecule has 5 heteroatoms. The number of benzene rings is 3. The fraction of sp³-hybridized carbons (Fsp3) is 0.167. The van der Waals surface area contributed by atoms with Crippen LogP contribution in [0.5, 0.6) is 0 Å². The third kappa shape index (κ3) is 4.29. The van der Waals surface area contributed by atoms with Gasteiger partial charge in [-0.2, -0.15) is 0 Å². The average Bonchev–Trinajstić information content (AvgIpc) is 2.73. The first kappa shape index (κ1) is 20.1. The lowest BCUT2D eigenvalue weighted by atomic mass is 9.97. The van der Waals surface area contributed by atoms with Crippen LogP contribution >= 0.6 is 0 Å². The molecule has 0 fully saturated rings. The minimum absolute atomic E-state index is 0.00190. The number of nitrogens with zero attached hydrogens (tertiary/aromatic N) is 2. The Balaban J connectivity index is 1.89. The van der Waals surface area contributed by atoms with Crippen LogP contribution in [0.25, 0.3) is 0 Å². The molecular formula is C24H24N2O3. The molecule has 0 radical (unpaired) electrons. The summed E-state index contributed by atoms with van der Waals surface area (Å²) in [5.41, 5.74) is 4.54. The number of carboxylic acids is 1. The summed E-state index contributed by atoms with van der Waals surface area (Å²) in [5, 5.41) is 9.55. The van der Waals surface area contributed by atoms with E-state index < -0.39 is 5.97 Å². The Labute approximate surface area is 170 Å². The molecule has 0 spiro atoms. The number of carbonyl (C=O) groups is 2. The van der Waals surface area contributed by atoms with E-state index in [0.717, 1.165) is 17.1 Å². The Morgan fingerprint density at radius 3 is 1.76 bits per heavy atom. The zero-order valence-corrected chi connectivity index (χ0v) is 17.0. The number of hydrogen-bond acceptors (Lipinski definition) is 4. The first-order valence-corrected chi connectivity index (χ1v) is 9.28. The molecule has 3 aromatic rings. The second kappa shape index (κ2) is 8.19. The van der Waals surface area contributed by atoms with Gasteiger partial charge in [0.1, 0.15) is 0 Å². The van der Waals surface area contributed by atoms with Crippen molar-refractivity contribution < 1.29 is 14.7 Å². The van der Waals surface area contributed by atoms with Crippen LogP contribution in [0.3, 0.4) is 0 Å². The molecule has 0 aromatic heterocycles. The molecule has 0 aliphatic carbocycles. The Hall–Kier alpha value is -3.60. The number of carbonyl (C=O) groups excluding carboxylic acids is 1. The number of hydrogen-bond donors (Lipinski definition) is 1. The van der Waals surface area contributed by atoms with Crippen molar-refractivity contribution in [2.45, 2.75) is 6.92 Å². The predicted octanol–water partition coefficient (Wildman–Crippen LogP) is 4.76. The van der Waals surface area contributed by atoms with E-state index in [-0.39, 0.29) is 16.9 Å². The highest BCUT2D eigenvalue weighted by Gasteiger charge is 2.19. The van der Waals surface area contributed by atoms with Crippen molar-refractivity contribution in [1.82, 2.24) is 0 Å². The topological polar surface area (TPSA) is 60.9 Å². The van der Waals surface area contributed by atoms with Crippen molar-refractivity contribution >= 4 is 28.8 Å². The maximum Gasteiger partial charge on any atom is 0.336 e. The fourth-order valence-corrected chi connectivity index (χ4v) is 3.09. The molecular weight excluding hydrogens is 364 g/mol. The van der Waals surface area contributed by atoms with E-state index in [9.17, 15) is 14.7 Å². The lowest BCUT2D eigenvalue weighted by molar-refractivity contribution is 0.0693. The standard InChI is InChI=1S/C24H24N2O3/c1-16-5-9-18(10-6-16)26(4)19-11-7-17(8-12-19)23(27)21-14-13-20(25(2)3)15-22(21)24(28)29/h5-15H,1-4H3,(H,28,29). The van der Waals surface area contributed by atoms with E-state index in [1.165, 1.54) is 11.6 Å². The Bertz CT molecular complexity index is 1040. The fourth-order valence-electron chi connectivity index (χ4n) is 3.09. The third-order valence-corrected chi connectivity index (χ3v) is 4.93. The van der Waals surface area contributed by atoms with E-state index in [2.05, 4.69) is 12.1 Å². The zero-order valence-electron chi connectivity index (χ0n) is 17.0. The molecule has 0 bridgehead atoms. The third-order valence-electron chi connectivity index (χ3n) is 4.93. The summed E-state index contributed by atoms with van der Waals surface area (Å²) in [6.07, 6.45) is 0. The second-order valence-corrected chi connectivity index (χ2v) is 7.20. The highest BCUT2D eigenvalue weighted by molar-refractivity contribution is 6.14. The van der Waals surface area contributed by atoms with Gasteiger partial charge in [0.2, 0.25) is 0 Å². The lowest BCUT2D eigenvalue weighted by Crippen LogP contribution is -2.14. The van der Waals surface area contributed by atoms with Crippen LogP contribution in [-0.2, 0) is 0 Å². The molecule has 0 saturated heterocycles. The monoisotopic (exact) mass is 388 g/mol. The van der Waals surface area contributed by atoms with Gasteiger partial charge >= 0.3 is 5.97 Å². The van der Waals surface area contributed by atoms with Gasteiger partial charge in [-0.3, -0.25) is 4.79 Å². The quantitative estimate of drug-likeness (QED) is 0.617. The normalized spacial score (nSPS) is 10.5. The second-order valence-electron chi connectivity index (χ2n) is 7.20. The smallest absolute Gasteiger partial charge is 0.336 e. The van der Waals surface area contributed by atoms with Crippen LogP contribution in [0.2, 0.25) is 0 Å². The van der Waals surface area contributed by atoms with Crippen molar-refractivity contribution in [3.05, 3.63) is 89.0 Å². The maximum absolute atomic E-state index is 13.0. The summed E-state index contributed by atoms with van der Waals surface area (Å²) in [6.45, 7) is 2.04. The van der Waals surface area contributed by atoms with E-state index in [4.69, 9.17) is 0 Å². The number of aryl methyl sites for hydroxylation is 1. The average molecular weight is 388 g/mol. The summed E-state index contributed by atoms with van der Waals surface area (Å²) < 4.78 is 0. The molecule has 0 aliphatic rings. The number of aromatic carboxylic acids is 1. The van der Waals surface area contributed by atoms with Gasteiger partial charge in [0, 0.05) is 49.3 Å². The van der Waals surface area contributed by atoms with Crippen molar-refractivity contribution in [2.24, 2.45) is 0 Å². The molecule has 5 nitrogen and oxygen atoms in total. The number of ketones is 1. The van der Waals surface area contributed by atoms with Gasteiger partial charge in [0.05, 0.1) is 5.56 Å². The van der Waals surface area contributed by atoms with E-state index in [1.54, 1.807) is 29.2 Å². The molecule has 0 atom stereocenters. The molecule has 1 N–H and O–H groups in total. The van der Waals surface area contributed by atoms with Crippen LogP contribution in [0.1, 0.15) is 31.8 Å². The van der Waals surface area contributed by atoms with Crippen molar-refractivity contribution in [3.63, 3.8) is 0 Å². The van der Waals surface area contributed by atoms with Gasteiger partial charge in [0.25, 0.3) is 0 Å². The Morgan fingerprint density at radius 2 is 1.24 bits per heavy atom. The molecule has 0 saturated carbocycles. The van der Waals surface area contributed by atoms with Crippen LogP contribution in [-0.4, -0.2) is 38.0 Å². The van der Waals surface area contributed by atoms with Crippen molar-refractivity contribution in [1.29, 1.82) is 0 Å². The largest absolute Gasteiger partial charge is 0.478 e. The first-order valence-electron chi connectivity index (χ1n) is 9.28.